The van der Waals surface area contributed by atoms with Crippen molar-refractivity contribution in [3.63, 3.8) is 0 Å². The minimum absolute atomic E-state index is 0.407. The summed E-state index contributed by atoms with van der Waals surface area (Å²) in [5.41, 5.74) is 0.881. The maximum atomic E-state index is 3.53. The molecule has 0 atom stereocenters. The van der Waals surface area contributed by atoms with Crippen molar-refractivity contribution < 1.29 is 0 Å². The van der Waals surface area contributed by atoms with E-state index in [2.05, 4.69) is 53.8 Å². The van der Waals surface area contributed by atoms with Crippen LogP contribution in [-0.4, -0.2) is 12.6 Å². The lowest BCUT2D eigenvalue weighted by molar-refractivity contribution is 0.181. The summed E-state index contributed by atoms with van der Waals surface area (Å²) in [7, 11) is 0. The number of rotatable bonds is 6. The fraction of sp³-hybridized carbons (Fsp3) is 1.00. The number of hydrogen-bond acceptors (Lipinski definition) is 1. The van der Waals surface area contributed by atoms with E-state index in [1.807, 2.05) is 0 Å². The average molecular weight is 199 g/mol. The Labute approximate surface area is 90.7 Å². The van der Waals surface area contributed by atoms with Crippen molar-refractivity contribution in [1.82, 2.24) is 5.32 Å². The summed E-state index contributed by atoms with van der Waals surface area (Å²) >= 11 is 0. The minimum atomic E-state index is 0.407. The third kappa shape index (κ3) is 6.42. The first kappa shape index (κ1) is 14.0. The van der Waals surface area contributed by atoms with Crippen LogP contribution in [0.5, 0.6) is 0 Å². The fourth-order valence-electron chi connectivity index (χ4n) is 1.96. The molecule has 0 aromatic rings. The molecule has 0 heterocycles. The van der Waals surface area contributed by atoms with E-state index in [1.54, 1.807) is 0 Å². The van der Waals surface area contributed by atoms with Gasteiger partial charge in [0.25, 0.3) is 0 Å². The van der Waals surface area contributed by atoms with Crippen molar-refractivity contribution in [2.75, 3.05) is 6.54 Å². The van der Waals surface area contributed by atoms with Gasteiger partial charge in [-0.15, -0.1) is 0 Å². The van der Waals surface area contributed by atoms with Crippen LogP contribution in [0.3, 0.4) is 0 Å². The smallest absolute Gasteiger partial charge is 0.00106 e. The molecule has 0 unspecified atom stereocenters. The molecule has 0 fully saturated rings. The van der Waals surface area contributed by atoms with Crippen LogP contribution in [0, 0.1) is 10.8 Å². The van der Waals surface area contributed by atoms with Crippen molar-refractivity contribution >= 4 is 0 Å². The van der Waals surface area contributed by atoms with Gasteiger partial charge in [-0.3, -0.25) is 0 Å². The molecular weight excluding hydrogens is 170 g/mol. The summed E-state index contributed by atoms with van der Waals surface area (Å²) in [6.07, 6.45) is 2.55. The van der Waals surface area contributed by atoms with Crippen LogP contribution in [-0.2, 0) is 0 Å². The normalized spacial score (nSPS) is 13.7. The van der Waals surface area contributed by atoms with E-state index < -0.39 is 0 Å². The van der Waals surface area contributed by atoms with Crippen molar-refractivity contribution in [1.29, 1.82) is 0 Å². The van der Waals surface area contributed by atoms with Crippen molar-refractivity contribution in [3.8, 4) is 0 Å². The molecule has 1 N–H and O–H groups in total. The highest BCUT2D eigenvalue weighted by atomic mass is 14.9. The summed E-state index contributed by atoms with van der Waals surface area (Å²) in [5, 5.41) is 3.53. The Morgan fingerprint density at radius 3 is 1.86 bits per heavy atom. The maximum absolute atomic E-state index is 3.53. The first-order chi connectivity index (χ1) is 6.18. The molecular formula is C13H29N. The Morgan fingerprint density at radius 1 is 1.00 bits per heavy atom. The molecule has 0 aromatic heterocycles. The third-order valence-corrected chi connectivity index (χ3v) is 2.90. The Hall–Kier alpha value is -0.0400. The van der Waals surface area contributed by atoms with Crippen molar-refractivity contribution in [3.05, 3.63) is 0 Å². The van der Waals surface area contributed by atoms with E-state index in [0.717, 1.165) is 6.54 Å². The van der Waals surface area contributed by atoms with Crippen LogP contribution in [0.2, 0.25) is 0 Å². The molecule has 0 aliphatic carbocycles. The van der Waals surface area contributed by atoms with Gasteiger partial charge in [-0.05, 0) is 17.3 Å². The van der Waals surface area contributed by atoms with E-state index in [4.69, 9.17) is 0 Å². The monoisotopic (exact) mass is 199 g/mol. The Morgan fingerprint density at radius 2 is 1.50 bits per heavy atom. The van der Waals surface area contributed by atoms with Crippen molar-refractivity contribution in [2.24, 2.45) is 10.8 Å². The molecule has 1 nitrogen and oxygen atoms in total. The van der Waals surface area contributed by atoms with E-state index in [9.17, 15) is 0 Å². The van der Waals surface area contributed by atoms with E-state index >= 15 is 0 Å². The molecule has 0 radical (unpaired) electrons. The van der Waals surface area contributed by atoms with Crippen LogP contribution in [0.15, 0.2) is 0 Å². The zero-order valence-corrected chi connectivity index (χ0v) is 11.2. The summed E-state index contributed by atoms with van der Waals surface area (Å²) < 4.78 is 0. The van der Waals surface area contributed by atoms with Crippen LogP contribution in [0.4, 0.5) is 0 Å². The van der Waals surface area contributed by atoms with Gasteiger partial charge in [-0.2, -0.15) is 0 Å². The molecule has 0 rings (SSSR count). The van der Waals surface area contributed by atoms with Gasteiger partial charge in [-0.25, -0.2) is 0 Å². The molecule has 86 valence electrons. The summed E-state index contributed by atoms with van der Waals surface area (Å²) in [5.74, 6) is 0. The Kier molecular flexibility index (Phi) is 5.14. The van der Waals surface area contributed by atoms with Gasteiger partial charge < -0.3 is 5.32 Å². The molecule has 0 spiro atoms. The second-order valence-electron chi connectivity index (χ2n) is 6.39. The minimum Gasteiger partial charge on any atom is -0.314 e. The molecule has 0 saturated heterocycles. The lowest BCUT2D eigenvalue weighted by Crippen LogP contribution is -2.36. The van der Waals surface area contributed by atoms with E-state index in [1.165, 1.54) is 12.8 Å². The van der Waals surface area contributed by atoms with Crippen molar-refractivity contribution in [2.45, 2.75) is 67.3 Å². The molecule has 1 heteroatoms. The molecule has 0 aliphatic heterocycles. The standard InChI is InChI=1S/C13H29N/c1-8-12(4,5)9-13(6,7)10-14-11(2)3/h11,14H,8-10H2,1-7H3. The highest BCUT2D eigenvalue weighted by molar-refractivity contribution is 4.80. The topological polar surface area (TPSA) is 12.0 Å². The van der Waals surface area contributed by atoms with Gasteiger partial charge in [0.2, 0.25) is 0 Å². The average Bonchev–Trinajstić information content (AvgIpc) is 1.99. The van der Waals surface area contributed by atoms with Gasteiger partial charge in [0, 0.05) is 12.6 Å². The SMILES string of the molecule is CCC(C)(C)CC(C)(C)CNC(C)C. The van der Waals surface area contributed by atoms with Gasteiger partial charge in [0.05, 0.1) is 0 Å². The number of nitrogens with one attached hydrogen (secondary N) is 1. The van der Waals surface area contributed by atoms with Crippen LogP contribution in [0.25, 0.3) is 0 Å². The summed E-state index contributed by atoms with van der Waals surface area (Å²) in [6.45, 7) is 17.3. The summed E-state index contributed by atoms with van der Waals surface area (Å²) in [4.78, 5) is 0. The Balaban J connectivity index is 4.06. The lowest BCUT2D eigenvalue weighted by atomic mass is 9.73. The Bertz CT molecular complexity index is 157. The third-order valence-electron chi connectivity index (χ3n) is 2.90. The van der Waals surface area contributed by atoms with Crippen LogP contribution in [0.1, 0.15) is 61.3 Å². The molecule has 14 heavy (non-hydrogen) atoms. The zero-order valence-electron chi connectivity index (χ0n) is 11.2. The van der Waals surface area contributed by atoms with E-state index in [0.29, 0.717) is 16.9 Å². The lowest BCUT2D eigenvalue weighted by Gasteiger charge is -2.35. The molecule has 0 bridgehead atoms. The van der Waals surface area contributed by atoms with Crippen LogP contribution < -0.4 is 5.32 Å². The largest absolute Gasteiger partial charge is 0.314 e. The predicted octanol–water partition coefficient (Wildman–Crippen LogP) is 3.84. The van der Waals surface area contributed by atoms with Gasteiger partial charge >= 0.3 is 0 Å². The zero-order chi connectivity index (χ0) is 11.4. The molecule has 0 aliphatic rings. The molecule has 0 saturated carbocycles. The van der Waals surface area contributed by atoms with Gasteiger partial charge in [-0.1, -0.05) is 54.9 Å². The quantitative estimate of drug-likeness (QED) is 0.685. The van der Waals surface area contributed by atoms with E-state index in [-0.39, 0.29) is 0 Å². The predicted molar refractivity (Wildman–Crippen MR) is 65.6 cm³/mol. The highest BCUT2D eigenvalue weighted by Crippen LogP contribution is 2.35. The first-order valence-electron chi connectivity index (χ1n) is 5.92. The number of hydrogen-bond donors (Lipinski definition) is 1. The second-order valence-corrected chi connectivity index (χ2v) is 6.39. The summed E-state index contributed by atoms with van der Waals surface area (Å²) in [6, 6.07) is 0.596. The van der Waals surface area contributed by atoms with Gasteiger partial charge in [0.15, 0.2) is 0 Å². The maximum Gasteiger partial charge on any atom is 0.00106 e. The fourth-order valence-corrected chi connectivity index (χ4v) is 1.96. The first-order valence-corrected chi connectivity index (χ1v) is 5.92. The van der Waals surface area contributed by atoms with Crippen LogP contribution >= 0.6 is 0 Å². The molecule has 0 amide bonds. The highest BCUT2D eigenvalue weighted by Gasteiger charge is 2.27. The molecule has 0 aromatic carbocycles. The second kappa shape index (κ2) is 5.16. The van der Waals surface area contributed by atoms with Gasteiger partial charge in [0.1, 0.15) is 0 Å².